The predicted octanol–water partition coefficient (Wildman–Crippen LogP) is 3.57. The van der Waals surface area contributed by atoms with Gasteiger partial charge in [0.05, 0.1) is 16.3 Å². The molecule has 2 aromatic carbocycles. The van der Waals surface area contributed by atoms with Crippen molar-refractivity contribution in [1.29, 1.82) is 0 Å². The number of carboxylic acid groups (broad SMARTS) is 1. The number of rotatable bonds is 3. The van der Waals surface area contributed by atoms with Crippen LogP contribution in [-0.4, -0.2) is 17.0 Å². The van der Waals surface area contributed by atoms with E-state index in [2.05, 4.69) is 5.32 Å². The monoisotopic (exact) mass is 311 g/mol. The lowest BCUT2D eigenvalue weighted by Gasteiger charge is -2.10. The quantitative estimate of drug-likeness (QED) is 0.910. The number of hydrogen-bond donors (Lipinski definition) is 2. The van der Waals surface area contributed by atoms with Gasteiger partial charge in [-0.2, -0.15) is 0 Å². The third-order valence-corrected chi connectivity index (χ3v) is 2.92. The summed E-state index contributed by atoms with van der Waals surface area (Å²) in [6.07, 6.45) is 0. The second-order valence-electron chi connectivity index (χ2n) is 4.08. The van der Waals surface area contributed by atoms with Gasteiger partial charge >= 0.3 is 5.97 Å². The molecule has 21 heavy (non-hydrogen) atoms. The van der Waals surface area contributed by atoms with Gasteiger partial charge in [-0.25, -0.2) is 13.6 Å². The Labute approximate surface area is 123 Å². The van der Waals surface area contributed by atoms with E-state index in [1.807, 2.05) is 0 Å². The van der Waals surface area contributed by atoms with Crippen molar-refractivity contribution in [3.8, 4) is 0 Å². The van der Waals surface area contributed by atoms with Crippen molar-refractivity contribution < 1.29 is 23.5 Å². The van der Waals surface area contributed by atoms with E-state index in [1.54, 1.807) is 0 Å². The molecule has 2 N–H and O–H groups in total. The Morgan fingerprint density at radius 2 is 1.71 bits per heavy atom. The molecule has 0 saturated carbocycles. The fraction of sp³-hybridized carbons (Fsp3) is 0. The second-order valence-corrected chi connectivity index (χ2v) is 4.49. The van der Waals surface area contributed by atoms with E-state index in [1.165, 1.54) is 18.2 Å². The lowest BCUT2D eigenvalue weighted by Crippen LogP contribution is -2.15. The van der Waals surface area contributed by atoms with Gasteiger partial charge in [0, 0.05) is 11.6 Å². The molecule has 0 aliphatic heterocycles. The predicted molar refractivity (Wildman–Crippen MR) is 72.7 cm³/mol. The van der Waals surface area contributed by atoms with Gasteiger partial charge in [-0.15, -0.1) is 0 Å². The maximum absolute atomic E-state index is 13.1. The van der Waals surface area contributed by atoms with Crippen LogP contribution >= 0.6 is 11.6 Å². The van der Waals surface area contributed by atoms with Crippen LogP contribution in [0.4, 0.5) is 14.5 Å². The third-order valence-electron chi connectivity index (χ3n) is 2.61. The van der Waals surface area contributed by atoms with E-state index in [0.717, 1.165) is 12.1 Å². The standard InChI is InChI=1S/C14H8ClF2NO3/c15-11-3-1-2-10(14(20)21)12(11)18-13(19)7-4-8(16)6-9(17)5-7/h1-6H,(H,18,19)(H,20,21). The number of carbonyl (C=O) groups is 2. The minimum Gasteiger partial charge on any atom is -0.478 e. The summed E-state index contributed by atoms with van der Waals surface area (Å²) in [6, 6.07) is 6.31. The highest BCUT2D eigenvalue weighted by Gasteiger charge is 2.17. The van der Waals surface area contributed by atoms with E-state index in [-0.39, 0.29) is 21.8 Å². The molecule has 2 aromatic rings. The van der Waals surface area contributed by atoms with Crippen molar-refractivity contribution in [2.24, 2.45) is 0 Å². The summed E-state index contributed by atoms with van der Waals surface area (Å²) < 4.78 is 26.1. The summed E-state index contributed by atoms with van der Waals surface area (Å²) in [5.74, 6) is -4.00. The van der Waals surface area contributed by atoms with E-state index < -0.39 is 23.5 Å². The Bertz CT molecular complexity index is 714. The van der Waals surface area contributed by atoms with Crippen LogP contribution in [0, 0.1) is 11.6 Å². The van der Waals surface area contributed by atoms with Gasteiger partial charge in [0.1, 0.15) is 11.6 Å². The first-order valence-electron chi connectivity index (χ1n) is 5.67. The van der Waals surface area contributed by atoms with Gasteiger partial charge in [-0.05, 0) is 24.3 Å². The number of halogens is 3. The number of hydrogen-bond acceptors (Lipinski definition) is 2. The lowest BCUT2D eigenvalue weighted by atomic mass is 10.1. The van der Waals surface area contributed by atoms with Gasteiger partial charge in [0.2, 0.25) is 0 Å². The SMILES string of the molecule is O=C(Nc1c(Cl)cccc1C(=O)O)c1cc(F)cc(F)c1. The molecule has 0 aliphatic rings. The number of aromatic carboxylic acids is 1. The molecule has 0 heterocycles. The fourth-order valence-electron chi connectivity index (χ4n) is 1.70. The molecule has 0 aliphatic carbocycles. The Balaban J connectivity index is 2.38. The summed E-state index contributed by atoms with van der Waals surface area (Å²) >= 11 is 5.84. The Morgan fingerprint density at radius 3 is 2.29 bits per heavy atom. The first-order chi connectivity index (χ1) is 9.88. The van der Waals surface area contributed by atoms with Crippen molar-refractivity contribution in [3.63, 3.8) is 0 Å². The van der Waals surface area contributed by atoms with Crippen LogP contribution in [-0.2, 0) is 0 Å². The highest BCUT2D eigenvalue weighted by molar-refractivity contribution is 6.34. The van der Waals surface area contributed by atoms with Gasteiger partial charge < -0.3 is 10.4 Å². The van der Waals surface area contributed by atoms with Gasteiger partial charge in [-0.1, -0.05) is 17.7 Å². The molecule has 0 spiro atoms. The van der Waals surface area contributed by atoms with Crippen LogP contribution < -0.4 is 5.32 Å². The maximum atomic E-state index is 13.1. The average molecular weight is 312 g/mol. The summed E-state index contributed by atoms with van der Waals surface area (Å²) in [5, 5.41) is 11.3. The van der Waals surface area contributed by atoms with Crippen LogP contribution in [0.25, 0.3) is 0 Å². The zero-order chi connectivity index (χ0) is 15.6. The lowest BCUT2D eigenvalue weighted by molar-refractivity contribution is 0.0698. The van der Waals surface area contributed by atoms with E-state index in [4.69, 9.17) is 16.7 Å². The molecule has 1 amide bonds. The van der Waals surface area contributed by atoms with E-state index in [0.29, 0.717) is 6.07 Å². The van der Waals surface area contributed by atoms with Gasteiger partial charge in [0.25, 0.3) is 5.91 Å². The molecule has 0 fully saturated rings. The minimum absolute atomic E-state index is 0.000116. The third kappa shape index (κ3) is 3.35. The smallest absolute Gasteiger partial charge is 0.337 e. The molecule has 0 radical (unpaired) electrons. The van der Waals surface area contributed by atoms with Crippen molar-refractivity contribution in [1.82, 2.24) is 0 Å². The van der Waals surface area contributed by atoms with Gasteiger partial charge in [0.15, 0.2) is 0 Å². The first kappa shape index (κ1) is 14.9. The molecule has 2 rings (SSSR count). The Kier molecular flexibility index (Phi) is 4.18. The van der Waals surface area contributed by atoms with Crippen LogP contribution in [0.3, 0.4) is 0 Å². The molecule has 0 bridgehead atoms. The Morgan fingerprint density at radius 1 is 1.10 bits per heavy atom. The highest BCUT2D eigenvalue weighted by atomic mass is 35.5. The molecular weight excluding hydrogens is 304 g/mol. The van der Waals surface area contributed by atoms with E-state index >= 15 is 0 Å². The number of carboxylic acids is 1. The minimum atomic E-state index is -1.29. The topological polar surface area (TPSA) is 66.4 Å². The fourth-order valence-corrected chi connectivity index (χ4v) is 1.92. The molecule has 0 unspecified atom stereocenters. The van der Waals surface area contributed by atoms with Crippen molar-refractivity contribution in [3.05, 3.63) is 64.2 Å². The largest absolute Gasteiger partial charge is 0.478 e. The summed E-state index contributed by atoms with van der Waals surface area (Å²) in [4.78, 5) is 23.0. The zero-order valence-electron chi connectivity index (χ0n) is 10.4. The highest BCUT2D eigenvalue weighted by Crippen LogP contribution is 2.26. The normalized spacial score (nSPS) is 10.2. The van der Waals surface area contributed by atoms with Crippen molar-refractivity contribution >= 4 is 29.2 Å². The van der Waals surface area contributed by atoms with Crippen LogP contribution in [0.5, 0.6) is 0 Å². The van der Waals surface area contributed by atoms with E-state index in [9.17, 15) is 18.4 Å². The molecule has 0 saturated heterocycles. The molecule has 108 valence electrons. The number of anilines is 1. The van der Waals surface area contributed by atoms with Crippen LogP contribution in [0.1, 0.15) is 20.7 Å². The van der Waals surface area contributed by atoms with Crippen LogP contribution in [0.2, 0.25) is 5.02 Å². The zero-order valence-corrected chi connectivity index (χ0v) is 11.1. The van der Waals surface area contributed by atoms with Gasteiger partial charge in [-0.3, -0.25) is 4.79 Å². The number of carbonyl (C=O) groups excluding carboxylic acids is 1. The first-order valence-corrected chi connectivity index (χ1v) is 6.05. The summed E-state index contributed by atoms with van der Waals surface area (Å²) in [7, 11) is 0. The molecular formula is C14H8ClF2NO3. The average Bonchev–Trinajstić information content (AvgIpc) is 2.39. The van der Waals surface area contributed by atoms with Crippen LogP contribution in [0.15, 0.2) is 36.4 Å². The second kappa shape index (κ2) is 5.88. The number of amides is 1. The maximum Gasteiger partial charge on any atom is 0.337 e. The molecule has 7 heteroatoms. The summed E-state index contributed by atoms with van der Waals surface area (Å²) in [6.45, 7) is 0. The molecule has 0 atom stereocenters. The molecule has 0 aromatic heterocycles. The summed E-state index contributed by atoms with van der Waals surface area (Å²) in [5.41, 5.74) is -0.655. The van der Waals surface area contributed by atoms with Crippen molar-refractivity contribution in [2.45, 2.75) is 0 Å². The Hall–Kier alpha value is -2.47. The van der Waals surface area contributed by atoms with Crippen molar-refractivity contribution in [2.75, 3.05) is 5.32 Å². The number of benzene rings is 2. The number of nitrogens with one attached hydrogen (secondary N) is 1. The number of para-hydroxylation sites is 1. The molecule has 4 nitrogen and oxygen atoms in total.